The van der Waals surface area contributed by atoms with E-state index in [4.69, 9.17) is 0 Å². The number of hydrogen-bond donors (Lipinski definition) is 2. The molecule has 0 unspecified atom stereocenters. The summed E-state index contributed by atoms with van der Waals surface area (Å²) in [6.45, 7) is 4.60. The maximum atomic E-state index is 9.43. The average Bonchev–Trinajstić information content (AvgIpc) is 2.67. The van der Waals surface area contributed by atoms with Gasteiger partial charge in [-0.25, -0.2) is 0 Å². The Morgan fingerprint density at radius 3 is 1.29 bits per heavy atom. The molecular weight excluding hydrogens is 534 g/mol. The molecule has 31 heavy (non-hydrogen) atoms. The van der Waals surface area contributed by atoms with Crippen molar-refractivity contribution in [1.82, 2.24) is 0 Å². The zero-order valence-electron chi connectivity index (χ0n) is 19.9. The van der Waals surface area contributed by atoms with Crippen LogP contribution >= 0.6 is 0 Å². The molecule has 0 aromatic heterocycles. The molecule has 2 radical (unpaired) electrons. The monoisotopic (exact) mass is 578 g/mol. The van der Waals surface area contributed by atoms with Crippen LogP contribution in [0.4, 0.5) is 0 Å². The minimum absolute atomic E-state index is 0. The van der Waals surface area contributed by atoms with Crippen molar-refractivity contribution in [3.63, 3.8) is 0 Å². The fraction of sp³-hybridized carbons (Fsp3) is 0.808. The average molecular weight is 578 g/mol. The molecule has 8 aliphatic rings. The maximum Gasteiger partial charge on any atom is 0.0487 e. The van der Waals surface area contributed by atoms with Gasteiger partial charge >= 0.3 is 0 Å². The summed E-state index contributed by atoms with van der Waals surface area (Å²) in [5, 5.41) is 9.43. The third-order valence-electron chi connectivity index (χ3n) is 9.34. The number of aliphatic hydroxyl groups is 1. The number of nitrogens with zero attached hydrogens (tertiary/aromatic N) is 1. The first-order valence-electron chi connectivity index (χ1n) is 11.7. The second-order valence-electron chi connectivity index (χ2n) is 11.4. The Morgan fingerprint density at radius 2 is 1.03 bits per heavy atom. The van der Waals surface area contributed by atoms with Crippen molar-refractivity contribution < 1.29 is 70.5 Å². The number of aliphatic hydroxyl groups excluding tert-OH is 1. The first-order valence-corrected chi connectivity index (χ1v) is 11.7. The van der Waals surface area contributed by atoms with Crippen molar-refractivity contribution in [3.05, 3.63) is 28.4 Å². The van der Waals surface area contributed by atoms with Crippen LogP contribution < -0.4 is 5.73 Å². The summed E-state index contributed by atoms with van der Waals surface area (Å²) in [5.41, 5.74) is 6.13. The van der Waals surface area contributed by atoms with Crippen molar-refractivity contribution in [2.24, 2.45) is 57.1 Å². The van der Waals surface area contributed by atoms with Gasteiger partial charge in [-0.3, -0.25) is 12.8 Å². The van der Waals surface area contributed by atoms with Crippen LogP contribution in [0, 0.1) is 74.8 Å². The molecule has 8 fully saturated rings. The van der Waals surface area contributed by atoms with Gasteiger partial charge in [0.15, 0.2) is 0 Å². The van der Waals surface area contributed by atoms with E-state index in [9.17, 15) is 5.11 Å². The van der Waals surface area contributed by atoms with Crippen LogP contribution in [0.3, 0.4) is 0 Å². The Balaban J connectivity index is 0.000000265. The van der Waals surface area contributed by atoms with Gasteiger partial charge in [0, 0.05) is 72.0 Å². The molecule has 8 saturated carbocycles. The minimum Gasteiger partial charge on any atom is -0.488 e. The fourth-order valence-corrected chi connectivity index (χ4v) is 9.12. The Bertz CT molecular complexity index is 521. The van der Waals surface area contributed by atoms with E-state index in [0.717, 1.165) is 41.2 Å². The van der Waals surface area contributed by atoms with Crippen LogP contribution in [0.1, 0.15) is 77.0 Å². The van der Waals surface area contributed by atoms with Crippen molar-refractivity contribution in [2.45, 2.75) is 77.0 Å². The molecule has 8 rings (SSSR count). The third-order valence-corrected chi connectivity index (χ3v) is 9.34. The van der Waals surface area contributed by atoms with Gasteiger partial charge < -0.3 is 30.2 Å². The van der Waals surface area contributed by atoms with Gasteiger partial charge in [-0.05, 0) is 98.7 Å². The molecule has 0 aromatic rings. The Hall–Kier alpha value is 1.54. The zero-order chi connectivity index (χ0) is 19.9. The van der Waals surface area contributed by atoms with E-state index < -0.39 is 0 Å². The molecule has 3 nitrogen and oxygen atoms in total. The van der Waals surface area contributed by atoms with Crippen LogP contribution in [0.25, 0.3) is 0 Å². The Morgan fingerprint density at radius 1 is 0.742 bits per heavy atom. The molecule has 0 spiro atoms. The summed E-state index contributed by atoms with van der Waals surface area (Å²) < 4.78 is 0. The van der Waals surface area contributed by atoms with Crippen molar-refractivity contribution >= 4 is 5.71 Å². The first-order chi connectivity index (χ1) is 13.5. The van der Waals surface area contributed by atoms with Crippen LogP contribution in [-0.2, 0) is 65.4 Å². The first kappa shape index (κ1) is 30.6. The number of rotatable bonds is 2. The number of nitrogens with two attached hydrogens (primary N) is 1. The second-order valence-corrected chi connectivity index (χ2v) is 11.4. The second kappa shape index (κ2) is 12.5. The van der Waals surface area contributed by atoms with Gasteiger partial charge in [-0.15, -0.1) is 0 Å². The molecule has 0 saturated heterocycles. The maximum absolute atomic E-state index is 9.43. The molecule has 3 N–H and O–H groups in total. The molecule has 5 heteroatoms. The molecule has 0 aromatic carbocycles. The smallest absolute Gasteiger partial charge is 0.0487 e. The summed E-state index contributed by atoms with van der Waals surface area (Å²) in [5.74, 6) is 5.93. The fourth-order valence-electron chi connectivity index (χ4n) is 9.12. The predicted molar refractivity (Wildman–Crippen MR) is 122 cm³/mol. The summed E-state index contributed by atoms with van der Waals surface area (Å²) >= 11 is 0. The van der Waals surface area contributed by atoms with E-state index in [0.29, 0.717) is 17.4 Å². The van der Waals surface area contributed by atoms with E-state index in [1.807, 2.05) is 0 Å². The molecular formula is C26H44N2OY2-4. The molecule has 0 atom stereocenters. The van der Waals surface area contributed by atoms with E-state index in [1.165, 1.54) is 77.0 Å². The number of hydrogen-bond acceptors (Lipinski definition) is 3. The van der Waals surface area contributed by atoms with Gasteiger partial charge in [0.2, 0.25) is 0 Å². The van der Waals surface area contributed by atoms with Crippen molar-refractivity contribution in [1.29, 1.82) is 0 Å². The van der Waals surface area contributed by atoms with Crippen molar-refractivity contribution in [2.75, 3.05) is 6.61 Å². The van der Waals surface area contributed by atoms with E-state index in [2.05, 4.69) is 31.7 Å². The standard InChI is InChI=1S/C13H19N.C11H18O.CH4N.CH3.2Y/c1-9(14-2)13-6-10-3-11(7-13)5-12(4-10)8-13;12-7-11-4-8-1-9(5-11)3-10(2-8)6-11;1-2;;;/h10-12H,1-8H2;8-10,12H,1-7H2;1-2H2;1H3;;/q-2;;2*-1;;. The molecule has 8 bridgehead atoms. The summed E-state index contributed by atoms with van der Waals surface area (Å²) in [6, 6.07) is 0. The van der Waals surface area contributed by atoms with Gasteiger partial charge in [-0.2, -0.15) is 7.05 Å². The Labute approximate surface area is 243 Å². The predicted octanol–water partition coefficient (Wildman–Crippen LogP) is 5.65. The van der Waals surface area contributed by atoms with Crippen molar-refractivity contribution in [3.8, 4) is 0 Å². The van der Waals surface area contributed by atoms with Gasteiger partial charge in [0.25, 0.3) is 0 Å². The van der Waals surface area contributed by atoms with Crippen LogP contribution in [0.5, 0.6) is 0 Å². The van der Waals surface area contributed by atoms with Crippen LogP contribution in [0.15, 0.2) is 4.99 Å². The molecule has 8 aliphatic carbocycles. The van der Waals surface area contributed by atoms with E-state index in [1.54, 1.807) is 0 Å². The largest absolute Gasteiger partial charge is 0.488 e. The Kier molecular flexibility index (Phi) is 12.3. The summed E-state index contributed by atoms with van der Waals surface area (Å²) in [6.07, 6.45) is 17.0. The molecule has 174 valence electrons. The quantitative estimate of drug-likeness (QED) is 0.329. The summed E-state index contributed by atoms with van der Waals surface area (Å²) in [7, 11) is 6.42. The number of aliphatic imine (C=N–C) groups is 1. The zero-order valence-corrected chi connectivity index (χ0v) is 25.6. The van der Waals surface area contributed by atoms with Gasteiger partial charge in [0.05, 0.1) is 0 Å². The van der Waals surface area contributed by atoms with Crippen LogP contribution in [-0.4, -0.2) is 17.4 Å². The van der Waals surface area contributed by atoms with Gasteiger partial charge in [-0.1, -0.05) is 24.7 Å². The third kappa shape index (κ3) is 6.22. The normalized spacial score (nSPS) is 45.1. The molecule has 0 amide bonds. The molecule has 0 heterocycles. The van der Waals surface area contributed by atoms with Crippen LogP contribution in [0.2, 0.25) is 0 Å². The van der Waals surface area contributed by atoms with E-state index >= 15 is 0 Å². The summed E-state index contributed by atoms with van der Waals surface area (Å²) in [4.78, 5) is 4.13. The topological polar surface area (TPSA) is 58.6 Å². The SMILES string of the molecule is OCC12CC3CC(CC(C3)C1)C2.[CH2-]N.[CH2-]N=C([CH2-])C12CC3CC(CC(C3)C1)C2.[CH3-].[Y].[Y]. The van der Waals surface area contributed by atoms with Gasteiger partial charge in [0.1, 0.15) is 0 Å². The van der Waals surface area contributed by atoms with E-state index in [-0.39, 0.29) is 72.8 Å². The molecule has 0 aliphatic heterocycles. The minimum atomic E-state index is 0.